The van der Waals surface area contributed by atoms with Crippen LogP contribution in [0.3, 0.4) is 0 Å². The number of aromatic amines is 2. The maximum absolute atomic E-state index is 11.5. The summed E-state index contributed by atoms with van der Waals surface area (Å²) in [6, 6.07) is 0. The highest BCUT2D eigenvalue weighted by atomic mass is 16.3. The van der Waals surface area contributed by atoms with Crippen LogP contribution in [0.15, 0.2) is 19.2 Å². The number of nitrogens with zero attached hydrogens (tertiary/aromatic N) is 2. The summed E-state index contributed by atoms with van der Waals surface area (Å²) >= 11 is 0. The second-order valence-corrected chi connectivity index (χ2v) is 4.40. The van der Waals surface area contributed by atoms with Crippen molar-refractivity contribution in [3.8, 4) is 11.5 Å². The van der Waals surface area contributed by atoms with Crippen molar-refractivity contribution in [3.05, 3.63) is 53.1 Å². The van der Waals surface area contributed by atoms with E-state index >= 15 is 0 Å². The normalized spacial score (nSPS) is 10.8. The van der Waals surface area contributed by atoms with E-state index in [1.54, 1.807) is 0 Å². The first-order chi connectivity index (χ1) is 9.73. The van der Waals surface area contributed by atoms with Crippen LogP contribution >= 0.6 is 0 Å². The molecule has 10 nitrogen and oxygen atoms in total. The Kier molecular flexibility index (Phi) is 3.29. The predicted octanol–water partition coefficient (Wildman–Crippen LogP) is -2.54. The van der Waals surface area contributed by atoms with Gasteiger partial charge in [-0.3, -0.25) is 28.7 Å². The van der Waals surface area contributed by atoms with Crippen molar-refractivity contribution in [3.63, 3.8) is 0 Å². The van der Waals surface area contributed by atoms with Gasteiger partial charge in [0.25, 0.3) is 11.1 Å². The Morgan fingerprint density at radius 1 is 0.810 bits per heavy atom. The largest absolute Gasteiger partial charge is 0.502 e. The zero-order valence-corrected chi connectivity index (χ0v) is 11.1. The van der Waals surface area contributed by atoms with Crippen LogP contribution in [0.1, 0.15) is 11.4 Å². The van der Waals surface area contributed by atoms with Gasteiger partial charge in [-0.25, -0.2) is 9.59 Å². The van der Waals surface area contributed by atoms with Crippen molar-refractivity contribution in [1.29, 1.82) is 0 Å². The molecule has 0 saturated carbocycles. The number of H-pyrrole nitrogens is 2. The summed E-state index contributed by atoms with van der Waals surface area (Å²) < 4.78 is 1.89. The lowest BCUT2D eigenvalue weighted by molar-refractivity contribution is 0.434. The van der Waals surface area contributed by atoms with Crippen LogP contribution in [0.4, 0.5) is 0 Å². The SMILES string of the molecule is Cn1c(Cc2c(O)c(=O)[nH]c(=O)n2C)c(O)c(=O)[nH]c1=O. The maximum atomic E-state index is 11.5. The van der Waals surface area contributed by atoms with E-state index < -0.39 is 34.0 Å². The van der Waals surface area contributed by atoms with Crippen LogP contribution in [0.5, 0.6) is 11.5 Å². The van der Waals surface area contributed by atoms with Gasteiger partial charge in [0.05, 0.1) is 11.4 Å². The molecule has 0 aromatic carbocycles. The molecule has 2 aromatic rings. The van der Waals surface area contributed by atoms with E-state index in [-0.39, 0.29) is 17.8 Å². The van der Waals surface area contributed by atoms with Gasteiger partial charge in [-0.1, -0.05) is 0 Å². The molecule has 112 valence electrons. The van der Waals surface area contributed by atoms with Crippen LogP contribution < -0.4 is 22.5 Å². The molecule has 0 aliphatic carbocycles. The van der Waals surface area contributed by atoms with Crippen molar-refractivity contribution in [2.75, 3.05) is 0 Å². The average Bonchev–Trinajstić information content (AvgIpc) is 2.42. The second kappa shape index (κ2) is 4.81. The number of aromatic nitrogens is 4. The number of nitrogens with one attached hydrogen (secondary N) is 2. The van der Waals surface area contributed by atoms with E-state index in [9.17, 15) is 29.4 Å². The fraction of sp³-hybridized carbons (Fsp3) is 0.273. The summed E-state index contributed by atoms with van der Waals surface area (Å²) in [6.45, 7) is 0. The molecule has 0 saturated heterocycles. The van der Waals surface area contributed by atoms with Crippen molar-refractivity contribution in [2.24, 2.45) is 14.1 Å². The third-order valence-corrected chi connectivity index (χ3v) is 3.17. The summed E-state index contributed by atoms with van der Waals surface area (Å²) in [4.78, 5) is 49.6. The van der Waals surface area contributed by atoms with Crippen LogP contribution in [0.25, 0.3) is 0 Å². The van der Waals surface area contributed by atoms with Crippen LogP contribution in [-0.4, -0.2) is 29.3 Å². The average molecular weight is 296 g/mol. The van der Waals surface area contributed by atoms with Gasteiger partial charge in [0.1, 0.15) is 0 Å². The van der Waals surface area contributed by atoms with Gasteiger partial charge in [-0.15, -0.1) is 0 Å². The molecule has 0 spiro atoms. The van der Waals surface area contributed by atoms with Crippen LogP contribution in [0.2, 0.25) is 0 Å². The van der Waals surface area contributed by atoms with Gasteiger partial charge >= 0.3 is 11.4 Å². The number of hydrogen-bond acceptors (Lipinski definition) is 6. The first kappa shape index (κ1) is 14.4. The maximum Gasteiger partial charge on any atom is 0.328 e. The summed E-state index contributed by atoms with van der Waals surface area (Å²) in [5, 5.41) is 19.5. The molecule has 0 amide bonds. The molecule has 2 heterocycles. The van der Waals surface area contributed by atoms with Crippen molar-refractivity contribution in [1.82, 2.24) is 19.1 Å². The minimum absolute atomic E-state index is 0.139. The Balaban J connectivity index is 2.76. The molecule has 0 fully saturated rings. The molecule has 21 heavy (non-hydrogen) atoms. The monoisotopic (exact) mass is 296 g/mol. The summed E-state index contributed by atoms with van der Waals surface area (Å²) in [7, 11) is 2.57. The third-order valence-electron chi connectivity index (χ3n) is 3.17. The molecule has 0 aliphatic rings. The molecule has 0 aliphatic heterocycles. The van der Waals surface area contributed by atoms with E-state index in [1.807, 2.05) is 9.97 Å². The molecular formula is C11H12N4O6. The molecule has 2 aromatic heterocycles. The molecule has 0 radical (unpaired) electrons. The molecule has 0 atom stereocenters. The van der Waals surface area contributed by atoms with E-state index in [4.69, 9.17) is 0 Å². The predicted molar refractivity (Wildman–Crippen MR) is 70.7 cm³/mol. The van der Waals surface area contributed by atoms with E-state index in [2.05, 4.69) is 0 Å². The number of aromatic hydroxyl groups is 2. The molecule has 0 unspecified atom stereocenters. The lowest BCUT2D eigenvalue weighted by Crippen LogP contribution is -2.33. The Labute approximate surface area is 115 Å². The topological polar surface area (TPSA) is 150 Å². The zero-order valence-electron chi connectivity index (χ0n) is 11.1. The number of hydrogen-bond donors (Lipinski definition) is 4. The van der Waals surface area contributed by atoms with Crippen LogP contribution in [0, 0.1) is 0 Å². The van der Waals surface area contributed by atoms with Gasteiger partial charge in [-0.2, -0.15) is 0 Å². The zero-order chi connectivity index (χ0) is 15.9. The summed E-state index contributed by atoms with van der Waals surface area (Å²) in [6.07, 6.45) is -0.358. The Morgan fingerprint density at radius 3 is 1.48 bits per heavy atom. The van der Waals surface area contributed by atoms with Gasteiger partial charge < -0.3 is 10.2 Å². The molecule has 2 rings (SSSR count). The van der Waals surface area contributed by atoms with E-state index in [0.717, 1.165) is 9.13 Å². The Morgan fingerprint density at radius 2 is 1.14 bits per heavy atom. The third kappa shape index (κ3) is 2.26. The highest BCUT2D eigenvalue weighted by molar-refractivity contribution is 5.32. The molecule has 4 N–H and O–H groups in total. The quantitative estimate of drug-likeness (QED) is 0.479. The first-order valence-electron chi connectivity index (χ1n) is 5.76. The van der Waals surface area contributed by atoms with Gasteiger partial charge in [0, 0.05) is 20.5 Å². The van der Waals surface area contributed by atoms with Gasteiger partial charge in [0.15, 0.2) is 0 Å². The van der Waals surface area contributed by atoms with Gasteiger partial charge in [-0.05, 0) is 0 Å². The molecule has 0 bridgehead atoms. The Hall–Kier alpha value is -3.04. The first-order valence-corrected chi connectivity index (χ1v) is 5.76. The minimum Gasteiger partial charge on any atom is -0.502 e. The van der Waals surface area contributed by atoms with Crippen molar-refractivity contribution in [2.45, 2.75) is 6.42 Å². The second-order valence-electron chi connectivity index (χ2n) is 4.40. The van der Waals surface area contributed by atoms with E-state index in [1.165, 1.54) is 14.1 Å². The van der Waals surface area contributed by atoms with Gasteiger partial charge in [0.2, 0.25) is 11.5 Å². The summed E-state index contributed by atoms with van der Waals surface area (Å²) in [5.74, 6) is -1.46. The molecular weight excluding hydrogens is 284 g/mol. The fourth-order valence-electron chi connectivity index (χ4n) is 1.87. The smallest absolute Gasteiger partial charge is 0.328 e. The van der Waals surface area contributed by atoms with Crippen molar-refractivity contribution < 1.29 is 10.2 Å². The standard InChI is InChI=1S/C11H12N4O6/c1-14-4(6(16)8(18)12-10(14)20)3-5-7(17)9(19)13-11(21)15(5)2/h16-17H,3H2,1-2H3,(H,12,18,20)(H,13,19,21). The Bertz CT molecular complexity index is 799. The highest BCUT2D eigenvalue weighted by Gasteiger charge is 2.18. The fourth-order valence-corrected chi connectivity index (χ4v) is 1.87. The molecule has 10 heteroatoms. The van der Waals surface area contributed by atoms with Crippen LogP contribution in [-0.2, 0) is 20.5 Å². The lowest BCUT2D eigenvalue weighted by atomic mass is 10.2. The lowest BCUT2D eigenvalue weighted by Gasteiger charge is -2.12. The highest BCUT2D eigenvalue weighted by Crippen LogP contribution is 2.17. The minimum atomic E-state index is -0.998. The number of rotatable bonds is 2. The van der Waals surface area contributed by atoms with E-state index in [0.29, 0.717) is 0 Å². The summed E-state index contributed by atoms with van der Waals surface area (Å²) in [5.41, 5.74) is -3.83. The van der Waals surface area contributed by atoms with Crippen molar-refractivity contribution >= 4 is 0 Å².